The van der Waals surface area contributed by atoms with Crippen molar-refractivity contribution in [2.24, 2.45) is 0 Å². The molecule has 17 heavy (non-hydrogen) atoms. The zero-order chi connectivity index (χ0) is 12.0. The number of nitrogens with one attached hydrogen (secondary N) is 2. The van der Waals surface area contributed by atoms with Gasteiger partial charge in [-0.1, -0.05) is 22.0 Å². The molecule has 2 aliphatic rings. The first-order chi connectivity index (χ1) is 8.12. The normalized spacial score (nSPS) is 26.6. The zero-order valence-corrected chi connectivity index (χ0v) is 10.6. The van der Waals surface area contributed by atoms with Gasteiger partial charge in [-0.05, 0) is 42.5 Å². The molecule has 1 aromatic rings. The topological polar surface area (TPSA) is 58.2 Å². The van der Waals surface area contributed by atoms with Crippen LogP contribution in [-0.4, -0.2) is 11.9 Å². The van der Waals surface area contributed by atoms with Gasteiger partial charge in [0.2, 0.25) is 0 Å². The van der Waals surface area contributed by atoms with Crippen LogP contribution in [0.4, 0.5) is 4.79 Å². The molecule has 88 valence electrons. The summed E-state index contributed by atoms with van der Waals surface area (Å²) in [6, 6.07) is 5.51. The summed E-state index contributed by atoms with van der Waals surface area (Å²) in [4.78, 5) is 23.4. The lowest BCUT2D eigenvalue weighted by Crippen LogP contribution is -2.46. The molecule has 1 aromatic carbocycles. The number of aryl methyl sites for hydroxylation is 1. The van der Waals surface area contributed by atoms with Crippen molar-refractivity contribution in [2.45, 2.75) is 24.8 Å². The number of hydrogen-bond acceptors (Lipinski definition) is 2. The summed E-state index contributed by atoms with van der Waals surface area (Å²) < 4.78 is 0.923. The summed E-state index contributed by atoms with van der Waals surface area (Å²) >= 11 is 3.41. The number of halogens is 1. The lowest BCUT2D eigenvalue weighted by molar-refractivity contribution is -0.124. The lowest BCUT2D eigenvalue weighted by Gasteiger charge is -2.33. The largest absolute Gasteiger partial charge is 0.322 e. The molecule has 5 heteroatoms. The molecule has 3 amide bonds. The van der Waals surface area contributed by atoms with E-state index >= 15 is 0 Å². The van der Waals surface area contributed by atoms with Crippen molar-refractivity contribution in [1.82, 2.24) is 10.6 Å². The van der Waals surface area contributed by atoms with Crippen LogP contribution in [0.2, 0.25) is 0 Å². The van der Waals surface area contributed by atoms with Gasteiger partial charge in [0.05, 0.1) is 0 Å². The summed E-state index contributed by atoms with van der Waals surface area (Å²) in [5, 5.41) is 5.12. The van der Waals surface area contributed by atoms with Gasteiger partial charge >= 0.3 is 6.03 Å². The Hall–Kier alpha value is -1.36. The van der Waals surface area contributed by atoms with Crippen LogP contribution < -0.4 is 10.6 Å². The standard InChI is InChI=1S/C12H11BrN2O2/c13-8-4-3-7-2-1-5-12(9(7)6-8)10(16)14-11(17)15-12/h3-4,6H,1-2,5H2,(H2,14,15,16,17). The van der Waals surface area contributed by atoms with E-state index in [1.807, 2.05) is 18.2 Å². The highest BCUT2D eigenvalue weighted by atomic mass is 79.9. The van der Waals surface area contributed by atoms with Crippen molar-refractivity contribution >= 4 is 27.9 Å². The molecule has 1 fully saturated rings. The molecule has 0 saturated carbocycles. The van der Waals surface area contributed by atoms with E-state index in [0.29, 0.717) is 6.42 Å². The van der Waals surface area contributed by atoms with E-state index in [1.54, 1.807) is 0 Å². The smallest absolute Gasteiger partial charge is 0.319 e. The van der Waals surface area contributed by atoms with Crippen LogP contribution in [0.3, 0.4) is 0 Å². The van der Waals surface area contributed by atoms with Gasteiger partial charge in [0.25, 0.3) is 5.91 Å². The van der Waals surface area contributed by atoms with Gasteiger partial charge in [-0.2, -0.15) is 0 Å². The SMILES string of the molecule is O=C1NC(=O)C2(CCCc3ccc(Br)cc32)N1. The van der Waals surface area contributed by atoms with Crippen molar-refractivity contribution in [1.29, 1.82) is 0 Å². The molecule has 4 nitrogen and oxygen atoms in total. The molecule has 0 aromatic heterocycles. The van der Waals surface area contributed by atoms with E-state index in [1.165, 1.54) is 0 Å². The molecule has 1 unspecified atom stereocenters. The highest BCUT2D eigenvalue weighted by Crippen LogP contribution is 2.38. The van der Waals surface area contributed by atoms with Crippen molar-refractivity contribution in [3.63, 3.8) is 0 Å². The first-order valence-corrected chi connectivity index (χ1v) is 6.34. The van der Waals surface area contributed by atoms with Gasteiger partial charge in [0.15, 0.2) is 0 Å². The average molecular weight is 295 g/mol. The maximum Gasteiger partial charge on any atom is 0.322 e. The zero-order valence-electron chi connectivity index (χ0n) is 9.05. The number of amides is 3. The number of imide groups is 1. The number of rotatable bonds is 0. The van der Waals surface area contributed by atoms with Crippen LogP contribution in [0.1, 0.15) is 24.0 Å². The molecule has 0 bridgehead atoms. The average Bonchev–Trinajstić information content (AvgIpc) is 2.56. The van der Waals surface area contributed by atoms with E-state index in [2.05, 4.69) is 26.6 Å². The third-order valence-electron chi connectivity index (χ3n) is 3.47. The lowest BCUT2D eigenvalue weighted by atomic mass is 9.76. The number of hydrogen-bond donors (Lipinski definition) is 2. The summed E-state index contributed by atoms with van der Waals surface area (Å²) in [7, 11) is 0. The van der Waals surface area contributed by atoms with Crippen LogP contribution in [0.5, 0.6) is 0 Å². The highest BCUT2D eigenvalue weighted by molar-refractivity contribution is 9.10. The van der Waals surface area contributed by atoms with Gasteiger partial charge < -0.3 is 5.32 Å². The first-order valence-electron chi connectivity index (χ1n) is 5.54. The third-order valence-corrected chi connectivity index (χ3v) is 3.96. The molecule has 1 aliphatic carbocycles. The minimum atomic E-state index is -0.853. The van der Waals surface area contributed by atoms with E-state index in [9.17, 15) is 9.59 Å². The Kier molecular flexibility index (Phi) is 2.26. The number of fused-ring (bicyclic) bond motifs is 2. The fourth-order valence-corrected chi connectivity index (χ4v) is 3.06. The quantitative estimate of drug-likeness (QED) is 0.717. The third kappa shape index (κ3) is 1.49. The molecule has 2 N–H and O–H groups in total. The molecule has 3 rings (SSSR count). The van der Waals surface area contributed by atoms with Crippen molar-refractivity contribution in [3.8, 4) is 0 Å². The number of carbonyl (C=O) groups excluding carboxylic acids is 2. The summed E-state index contributed by atoms with van der Waals surface area (Å²) in [6.45, 7) is 0. The molecular weight excluding hydrogens is 284 g/mol. The Morgan fingerprint density at radius 2 is 2.12 bits per heavy atom. The minimum absolute atomic E-state index is 0.235. The van der Waals surface area contributed by atoms with Crippen LogP contribution >= 0.6 is 15.9 Å². The van der Waals surface area contributed by atoms with Gasteiger partial charge in [-0.15, -0.1) is 0 Å². The molecule has 0 radical (unpaired) electrons. The maximum absolute atomic E-state index is 12.0. The van der Waals surface area contributed by atoms with Gasteiger partial charge in [-0.3, -0.25) is 10.1 Å². The second-order valence-electron chi connectivity index (χ2n) is 4.47. The molecule has 1 heterocycles. The van der Waals surface area contributed by atoms with Crippen molar-refractivity contribution in [3.05, 3.63) is 33.8 Å². The number of urea groups is 1. The molecular formula is C12H11BrN2O2. The van der Waals surface area contributed by atoms with Crippen molar-refractivity contribution < 1.29 is 9.59 Å². The van der Waals surface area contributed by atoms with Gasteiger partial charge in [0.1, 0.15) is 5.54 Å². The van der Waals surface area contributed by atoms with Gasteiger partial charge in [-0.25, -0.2) is 4.79 Å². The maximum atomic E-state index is 12.0. The van der Waals surface area contributed by atoms with Gasteiger partial charge in [0, 0.05) is 4.47 Å². The molecule has 1 aliphatic heterocycles. The number of benzene rings is 1. The highest BCUT2D eigenvalue weighted by Gasteiger charge is 2.49. The monoisotopic (exact) mass is 294 g/mol. The second kappa shape index (κ2) is 3.57. The van der Waals surface area contributed by atoms with Crippen LogP contribution in [0, 0.1) is 0 Å². The van der Waals surface area contributed by atoms with Crippen LogP contribution in [0.25, 0.3) is 0 Å². The molecule has 1 atom stereocenters. The number of carbonyl (C=O) groups is 2. The van der Waals surface area contributed by atoms with E-state index in [0.717, 1.165) is 28.4 Å². The predicted molar refractivity (Wildman–Crippen MR) is 65.4 cm³/mol. The Morgan fingerprint density at radius 3 is 2.82 bits per heavy atom. The van der Waals surface area contributed by atoms with Crippen molar-refractivity contribution in [2.75, 3.05) is 0 Å². The van der Waals surface area contributed by atoms with E-state index < -0.39 is 11.6 Å². The predicted octanol–water partition coefficient (Wildman–Crippen LogP) is 1.82. The summed E-state index contributed by atoms with van der Waals surface area (Å²) in [6.07, 6.45) is 2.52. The molecule has 1 saturated heterocycles. The van der Waals surface area contributed by atoms with E-state index in [4.69, 9.17) is 0 Å². The fraction of sp³-hybridized carbons (Fsp3) is 0.333. The fourth-order valence-electron chi connectivity index (χ4n) is 2.70. The molecule has 1 spiro atoms. The summed E-state index contributed by atoms with van der Waals surface area (Å²) in [5.74, 6) is -0.235. The Bertz CT molecular complexity index is 529. The second-order valence-corrected chi connectivity index (χ2v) is 5.38. The Morgan fingerprint density at radius 1 is 1.29 bits per heavy atom. The Labute approximate surface area is 107 Å². The summed E-state index contributed by atoms with van der Waals surface area (Å²) in [5.41, 5.74) is 1.20. The Balaban J connectivity index is 2.19. The van der Waals surface area contributed by atoms with Crippen LogP contribution in [0.15, 0.2) is 22.7 Å². The first kappa shape index (κ1) is 10.8. The van der Waals surface area contributed by atoms with E-state index in [-0.39, 0.29) is 5.91 Å². The van der Waals surface area contributed by atoms with Crippen LogP contribution in [-0.2, 0) is 16.8 Å². The minimum Gasteiger partial charge on any atom is -0.319 e.